The van der Waals surface area contributed by atoms with Gasteiger partial charge in [0.2, 0.25) is 0 Å². The van der Waals surface area contributed by atoms with Crippen molar-refractivity contribution in [1.29, 1.82) is 0 Å². The van der Waals surface area contributed by atoms with Crippen molar-refractivity contribution in [3.8, 4) is 55.6 Å². The maximum atomic E-state index is 2.51. The van der Waals surface area contributed by atoms with Crippen molar-refractivity contribution in [2.45, 2.75) is 36.0 Å². The summed E-state index contributed by atoms with van der Waals surface area (Å²) in [5, 5.41) is 0. The topological polar surface area (TPSA) is 3.24 Å². The van der Waals surface area contributed by atoms with Crippen LogP contribution in [-0.4, -0.2) is 0 Å². The number of para-hydroxylation sites is 1. The third kappa shape index (κ3) is 5.49. The zero-order valence-electron chi connectivity index (χ0n) is 34.4. The summed E-state index contributed by atoms with van der Waals surface area (Å²) in [6.07, 6.45) is 11.9. The molecule has 0 radical (unpaired) electrons. The van der Waals surface area contributed by atoms with E-state index in [0.717, 1.165) is 11.4 Å². The van der Waals surface area contributed by atoms with E-state index in [1.54, 1.807) is 0 Å². The molecule has 1 nitrogen and oxygen atoms in total. The SMILES string of the molecule is C1=CC2=C3Sc4ccc(-c5ccc(N(c6ccc7c(c6)-c6ccccc6C76CCCC6)c6ccccc6-c6ccccc6-c6ccccc6-c6ccccc6)cc5)cc4C(=C1)[C@H]23. The van der Waals surface area contributed by atoms with Crippen molar-refractivity contribution in [2.24, 2.45) is 5.92 Å². The molecule has 5 aliphatic rings. The predicted octanol–water partition coefficient (Wildman–Crippen LogP) is 16.6. The maximum absolute atomic E-state index is 2.51. The van der Waals surface area contributed by atoms with Gasteiger partial charge in [-0.3, -0.25) is 0 Å². The monoisotopic (exact) mass is 809 g/mol. The molecule has 13 rings (SSSR count). The Morgan fingerprint density at radius 1 is 0.452 bits per heavy atom. The lowest BCUT2D eigenvalue weighted by Gasteiger charge is -2.30. The molecule has 0 saturated heterocycles. The van der Waals surface area contributed by atoms with Crippen molar-refractivity contribution >= 4 is 34.4 Å². The average molecular weight is 810 g/mol. The highest BCUT2D eigenvalue weighted by Gasteiger charge is 2.46. The van der Waals surface area contributed by atoms with Gasteiger partial charge in [0.25, 0.3) is 0 Å². The van der Waals surface area contributed by atoms with Gasteiger partial charge in [0.15, 0.2) is 0 Å². The van der Waals surface area contributed by atoms with Crippen LogP contribution in [0.15, 0.2) is 222 Å². The van der Waals surface area contributed by atoms with E-state index >= 15 is 0 Å². The molecule has 0 N–H and O–H groups in total. The van der Waals surface area contributed by atoms with E-state index in [-0.39, 0.29) is 5.41 Å². The molecule has 8 aromatic carbocycles. The van der Waals surface area contributed by atoms with Gasteiger partial charge in [0.1, 0.15) is 0 Å². The fourth-order valence-electron chi connectivity index (χ4n) is 11.3. The highest BCUT2D eigenvalue weighted by molar-refractivity contribution is 8.03. The van der Waals surface area contributed by atoms with E-state index in [2.05, 4.69) is 211 Å². The molecule has 1 aliphatic heterocycles. The summed E-state index contributed by atoms with van der Waals surface area (Å²) in [7, 11) is 0. The highest BCUT2D eigenvalue weighted by Crippen LogP contribution is 2.63. The Balaban J connectivity index is 0.969. The number of benzene rings is 8. The number of rotatable bonds is 7. The molecule has 1 heterocycles. The van der Waals surface area contributed by atoms with E-state index in [4.69, 9.17) is 0 Å². The minimum absolute atomic E-state index is 0.121. The molecule has 294 valence electrons. The van der Waals surface area contributed by atoms with Crippen LogP contribution in [0.1, 0.15) is 42.4 Å². The second kappa shape index (κ2) is 14.1. The fraction of sp³-hybridized carbons (Fsp3) is 0.100. The Hall–Kier alpha value is -6.87. The molecule has 1 spiro atoms. The highest BCUT2D eigenvalue weighted by atomic mass is 32.2. The molecule has 1 atom stereocenters. The molecule has 1 fully saturated rings. The zero-order valence-corrected chi connectivity index (χ0v) is 35.2. The molecule has 62 heavy (non-hydrogen) atoms. The summed E-state index contributed by atoms with van der Waals surface area (Å²) in [5.41, 5.74) is 23.5. The molecular formula is C60H43NS. The van der Waals surface area contributed by atoms with Crippen LogP contribution in [-0.2, 0) is 5.41 Å². The fourth-order valence-corrected chi connectivity index (χ4v) is 12.6. The number of anilines is 3. The average Bonchev–Trinajstić information content (AvgIpc) is 3.69. The Bertz CT molecular complexity index is 3210. The number of nitrogens with zero attached hydrogens (tertiary/aromatic N) is 1. The molecule has 0 unspecified atom stereocenters. The number of fused-ring (bicyclic) bond motifs is 7. The van der Waals surface area contributed by atoms with Crippen molar-refractivity contribution < 1.29 is 0 Å². The normalized spacial score (nSPS) is 17.0. The van der Waals surface area contributed by atoms with Crippen LogP contribution in [0.2, 0.25) is 0 Å². The minimum Gasteiger partial charge on any atom is -0.310 e. The second-order valence-electron chi connectivity index (χ2n) is 17.5. The molecule has 8 aromatic rings. The van der Waals surface area contributed by atoms with Gasteiger partial charge in [-0.25, -0.2) is 0 Å². The first-order valence-electron chi connectivity index (χ1n) is 22.2. The van der Waals surface area contributed by atoms with E-state index in [0.29, 0.717) is 5.92 Å². The minimum atomic E-state index is 0.121. The van der Waals surface area contributed by atoms with Crippen LogP contribution < -0.4 is 4.90 Å². The quantitative estimate of drug-likeness (QED) is 0.158. The first-order chi connectivity index (χ1) is 30.7. The summed E-state index contributed by atoms with van der Waals surface area (Å²) in [6.45, 7) is 0. The molecule has 1 saturated carbocycles. The van der Waals surface area contributed by atoms with E-state index in [1.807, 2.05) is 11.8 Å². The first kappa shape index (κ1) is 35.8. The summed E-state index contributed by atoms with van der Waals surface area (Å²) in [6, 6.07) is 70.5. The Kier molecular flexibility index (Phi) is 8.15. The number of hydrogen-bond donors (Lipinski definition) is 0. The van der Waals surface area contributed by atoms with Crippen LogP contribution in [0, 0.1) is 5.92 Å². The van der Waals surface area contributed by atoms with Crippen molar-refractivity contribution in [3.63, 3.8) is 0 Å². The van der Waals surface area contributed by atoms with Gasteiger partial charge in [-0.2, -0.15) is 0 Å². The van der Waals surface area contributed by atoms with Crippen LogP contribution in [0.3, 0.4) is 0 Å². The summed E-state index contributed by atoms with van der Waals surface area (Å²) >= 11 is 1.96. The molecule has 4 aliphatic carbocycles. The van der Waals surface area contributed by atoms with E-state index in [1.165, 1.54) is 125 Å². The molecule has 2 heteroatoms. The van der Waals surface area contributed by atoms with Gasteiger partial charge < -0.3 is 4.90 Å². The Morgan fingerprint density at radius 3 is 1.85 bits per heavy atom. The summed E-state index contributed by atoms with van der Waals surface area (Å²) in [4.78, 5) is 5.41. The summed E-state index contributed by atoms with van der Waals surface area (Å²) in [5.74, 6) is 0.517. The molecule has 0 bridgehead atoms. The molecule has 0 amide bonds. The van der Waals surface area contributed by atoms with Gasteiger partial charge in [0.05, 0.1) is 5.69 Å². The summed E-state index contributed by atoms with van der Waals surface area (Å²) < 4.78 is 0. The van der Waals surface area contributed by atoms with Crippen molar-refractivity contribution in [2.75, 3.05) is 4.90 Å². The lowest BCUT2D eigenvalue weighted by Crippen LogP contribution is -2.20. The first-order valence-corrected chi connectivity index (χ1v) is 23.0. The smallest absolute Gasteiger partial charge is 0.0540 e. The van der Waals surface area contributed by atoms with Gasteiger partial charge >= 0.3 is 0 Å². The lowest BCUT2D eigenvalue weighted by molar-refractivity contribution is 0.550. The third-order valence-corrected chi connectivity index (χ3v) is 15.5. The van der Waals surface area contributed by atoms with Crippen LogP contribution in [0.5, 0.6) is 0 Å². The number of thioether (sulfide) groups is 1. The van der Waals surface area contributed by atoms with Gasteiger partial charge in [0, 0.05) is 38.1 Å². The van der Waals surface area contributed by atoms with Crippen molar-refractivity contribution in [1.82, 2.24) is 0 Å². The van der Waals surface area contributed by atoms with E-state index in [9.17, 15) is 0 Å². The number of hydrogen-bond acceptors (Lipinski definition) is 2. The van der Waals surface area contributed by atoms with Crippen molar-refractivity contribution in [3.05, 3.63) is 233 Å². The second-order valence-corrected chi connectivity index (χ2v) is 18.6. The van der Waals surface area contributed by atoms with Gasteiger partial charge in [-0.15, -0.1) is 0 Å². The largest absolute Gasteiger partial charge is 0.310 e. The van der Waals surface area contributed by atoms with Gasteiger partial charge in [-0.05, 0) is 133 Å². The lowest BCUT2D eigenvalue weighted by atomic mass is 9.77. The predicted molar refractivity (Wildman–Crippen MR) is 261 cm³/mol. The van der Waals surface area contributed by atoms with Gasteiger partial charge in [-0.1, -0.05) is 188 Å². The zero-order chi connectivity index (χ0) is 40.8. The van der Waals surface area contributed by atoms with E-state index < -0.39 is 0 Å². The van der Waals surface area contributed by atoms with Crippen LogP contribution in [0.4, 0.5) is 17.1 Å². The Morgan fingerprint density at radius 2 is 1.06 bits per heavy atom. The van der Waals surface area contributed by atoms with Crippen LogP contribution in [0.25, 0.3) is 61.2 Å². The Labute approximate surface area is 368 Å². The number of allylic oxidation sites excluding steroid dienone is 6. The maximum Gasteiger partial charge on any atom is 0.0540 e. The standard InChI is InChI=1S/C60H43NS/c1-2-15-40(16-3-1)44-17-4-5-18-45(44)46-19-6-7-20-47(46)49-22-9-11-26-56(49)61(43-32-33-55-52(38-43)48-21-8-10-25-54(48)60(55)35-12-13-36-60)42-30-27-39(28-31-42)41-29-34-57-53(37-41)50-23-14-24-51-58(50)59(51)62-57/h1-11,14-34,37-38,58H,12-13,35-36H2/t58-/m1/s1. The molecule has 0 aromatic heterocycles. The third-order valence-electron chi connectivity index (χ3n) is 14.2. The van der Waals surface area contributed by atoms with Crippen LogP contribution >= 0.6 is 11.8 Å². The molecular weight excluding hydrogens is 767 g/mol.